The lowest BCUT2D eigenvalue weighted by atomic mass is 9.96. The van der Waals surface area contributed by atoms with Crippen LogP contribution >= 0.6 is 0 Å². The van der Waals surface area contributed by atoms with Crippen LogP contribution in [0.25, 0.3) is 6.08 Å². The van der Waals surface area contributed by atoms with Gasteiger partial charge in [0.15, 0.2) is 35.6 Å². The maximum Gasteiger partial charge on any atom is 0.330 e. The minimum absolute atomic E-state index is 0.0760. The molecule has 0 amide bonds. The number of aromatic hydroxyl groups is 4. The lowest BCUT2D eigenvalue weighted by Crippen LogP contribution is -2.66. The summed E-state index contributed by atoms with van der Waals surface area (Å²) >= 11 is 0. The average molecular weight is 623 g/mol. The summed E-state index contributed by atoms with van der Waals surface area (Å²) in [5.74, 6) is -2.25. The summed E-state index contributed by atoms with van der Waals surface area (Å²) in [7, 11) is 0. The smallest absolute Gasteiger partial charge is 0.330 e. The Balaban J connectivity index is 1.31. The van der Waals surface area contributed by atoms with Crippen molar-refractivity contribution < 1.29 is 74.1 Å². The van der Waals surface area contributed by atoms with Gasteiger partial charge in [-0.2, -0.15) is 0 Å². The van der Waals surface area contributed by atoms with Gasteiger partial charge in [0.1, 0.15) is 55.4 Å². The zero-order valence-corrected chi connectivity index (χ0v) is 23.3. The van der Waals surface area contributed by atoms with Crippen LogP contribution in [0.2, 0.25) is 0 Å². The van der Waals surface area contributed by atoms with Crippen molar-refractivity contribution in [2.75, 3.05) is 13.2 Å². The number of benzene rings is 2. The molecular formula is C29H34O15. The second kappa shape index (κ2) is 13.2. The highest BCUT2D eigenvalue weighted by molar-refractivity contribution is 5.87. The molecule has 44 heavy (non-hydrogen) atoms. The van der Waals surface area contributed by atoms with Gasteiger partial charge in [-0.05, 0) is 48.4 Å². The molecular weight excluding hydrogens is 588 g/mol. The summed E-state index contributed by atoms with van der Waals surface area (Å²) in [4.78, 5) is 12.4. The Morgan fingerprint density at radius 2 is 1.57 bits per heavy atom. The van der Waals surface area contributed by atoms with E-state index in [0.29, 0.717) is 11.1 Å². The summed E-state index contributed by atoms with van der Waals surface area (Å²) in [6.07, 6.45) is -12.1. The monoisotopic (exact) mass is 622 g/mol. The topological polar surface area (TPSA) is 234 Å². The third-order valence-electron chi connectivity index (χ3n) is 7.62. The number of rotatable bonds is 7. The van der Waals surface area contributed by atoms with Crippen molar-refractivity contribution in [2.24, 2.45) is 0 Å². The SMILES string of the molecule is C[C@@H]1O[C@@H](O[C@H]2[C@H](O)[C@@H](COC(=O)/C=C/c3ccc(O)c(O)c3)O[C@H]3OCC(c4ccc(O)c(O)c4)O[C@@H]32)[C@H](O)[C@H](O)[C@H]1O. The Morgan fingerprint density at radius 1 is 0.864 bits per heavy atom. The van der Waals surface area contributed by atoms with Gasteiger partial charge in [0.2, 0.25) is 0 Å². The van der Waals surface area contributed by atoms with E-state index >= 15 is 0 Å². The Labute approximate surface area is 250 Å². The van der Waals surface area contributed by atoms with E-state index in [1.165, 1.54) is 49.4 Å². The standard InChI is InChI=1S/C29H34O15/c1-12-22(35)24(37)25(38)28(41-12)44-26-23(36)20(11-39-21(34)7-3-13-2-5-15(30)17(32)8-13)43-29-27(26)42-19(10-40-29)14-4-6-16(31)18(33)9-14/h2-9,12,19-20,22-33,35-38H,10-11H2,1H3/b7-3+/t12-,19?,20+,22-,23+,24+,25+,26-,27+,28-,29+/m0/s1. The number of aliphatic hydroxyl groups excluding tert-OH is 4. The van der Waals surface area contributed by atoms with Crippen molar-refractivity contribution in [3.8, 4) is 23.0 Å². The Hall–Kier alpha value is -3.51. The third kappa shape index (κ3) is 6.76. The summed E-state index contributed by atoms with van der Waals surface area (Å²) in [6.45, 7) is 0.911. The van der Waals surface area contributed by atoms with Gasteiger partial charge in [-0.3, -0.25) is 0 Å². The molecule has 15 nitrogen and oxygen atoms in total. The Kier molecular flexibility index (Phi) is 9.59. The molecule has 0 aliphatic carbocycles. The van der Waals surface area contributed by atoms with Crippen LogP contribution in [-0.2, 0) is 33.2 Å². The number of aliphatic hydroxyl groups is 4. The Bertz CT molecular complexity index is 1350. The zero-order valence-electron chi connectivity index (χ0n) is 23.3. The number of hydrogen-bond donors (Lipinski definition) is 8. The summed E-state index contributed by atoms with van der Waals surface area (Å²) in [6, 6.07) is 7.99. The number of hydrogen-bond acceptors (Lipinski definition) is 15. The molecule has 3 aliphatic rings. The van der Waals surface area contributed by atoms with Gasteiger partial charge in [0, 0.05) is 6.08 Å². The van der Waals surface area contributed by atoms with Crippen molar-refractivity contribution in [1.82, 2.24) is 0 Å². The average Bonchev–Trinajstić information content (AvgIpc) is 3.00. The molecule has 11 atom stereocenters. The van der Waals surface area contributed by atoms with Gasteiger partial charge in [0.05, 0.1) is 12.7 Å². The molecule has 2 aromatic rings. The highest BCUT2D eigenvalue weighted by Gasteiger charge is 2.53. The van der Waals surface area contributed by atoms with Crippen molar-refractivity contribution in [3.63, 3.8) is 0 Å². The van der Waals surface area contributed by atoms with E-state index in [2.05, 4.69) is 0 Å². The van der Waals surface area contributed by atoms with Crippen LogP contribution in [0.15, 0.2) is 42.5 Å². The lowest BCUT2D eigenvalue weighted by molar-refractivity contribution is -0.384. The molecule has 3 aliphatic heterocycles. The van der Waals surface area contributed by atoms with E-state index in [1.807, 2.05) is 0 Å². The van der Waals surface area contributed by atoms with E-state index in [0.717, 1.165) is 6.08 Å². The van der Waals surface area contributed by atoms with Crippen LogP contribution in [-0.4, -0.2) is 121 Å². The minimum Gasteiger partial charge on any atom is -0.504 e. The van der Waals surface area contributed by atoms with Crippen LogP contribution in [0.1, 0.15) is 24.2 Å². The molecule has 0 saturated carbocycles. The minimum atomic E-state index is -1.70. The Morgan fingerprint density at radius 3 is 2.27 bits per heavy atom. The maximum absolute atomic E-state index is 12.4. The van der Waals surface area contributed by atoms with Crippen molar-refractivity contribution >= 4 is 12.0 Å². The summed E-state index contributed by atoms with van der Waals surface area (Å²) < 4.78 is 34.6. The van der Waals surface area contributed by atoms with E-state index in [1.54, 1.807) is 0 Å². The van der Waals surface area contributed by atoms with Gasteiger partial charge in [-0.25, -0.2) is 4.79 Å². The van der Waals surface area contributed by atoms with E-state index in [9.17, 15) is 45.6 Å². The molecule has 5 rings (SSSR count). The fourth-order valence-electron chi connectivity index (χ4n) is 5.09. The zero-order chi connectivity index (χ0) is 31.7. The van der Waals surface area contributed by atoms with Crippen LogP contribution in [0, 0.1) is 0 Å². The number of fused-ring (bicyclic) bond motifs is 1. The molecule has 0 aromatic heterocycles. The van der Waals surface area contributed by atoms with Gasteiger partial charge in [-0.15, -0.1) is 0 Å². The number of phenols is 4. The van der Waals surface area contributed by atoms with Crippen molar-refractivity contribution in [3.05, 3.63) is 53.6 Å². The second-order valence-electron chi connectivity index (χ2n) is 10.7. The van der Waals surface area contributed by atoms with Gasteiger partial charge in [-0.1, -0.05) is 12.1 Å². The molecule has 15 heteroatoms. The van der Waals surface area contributed by atoms with E-state index < -0.39 is 80.1 Å². The second-order valence-corrected chi connectivity index (χ2v) is 10.7. The lowest BCUT2D eigenvalue weighted by Gasteiger charge is -2.49. The number of esters is 1. The number of ether oxygens (including phenoxy) is 6. The first kappa shape index (κ1) is 31.9. The fourth-order valence-corrected chi connectivity index (χ4v) is 5.09. The molecule has 8 N–H and O–H groups in total. The predicted molar refractivity (Wildman–Crippen MR) is 145 cm³/mol. The van der Waals surface area contributed by atoms with Crippen LogP contribution in [0.5, 0.6) is 23.0 Å². The molecule has 3 fully saturated rings. The van der Waals surface area contributed by atoms with Gasteiger partial charge < -0.3 is 69.3 Å². The molecule has 0 spiro atoms. The molecule has 0 radical (unpaired) electrons. The third-order valence-corrected chi connectivity index (χ3v) is 7.62. The summed E-state index contributed by atoms with van der Waals surface area (Å²) in [5, 5.41) is 80.9. The summed E-state index contributed by atoms with van der Waals surface area (Å²) in [5.41, 5.74) is 0.831. The fraction of sp³-hybridized carbons (Fsp3) is 0.483. The normalized spacial score (nSPS) is 35.7. The maximum atomic E-state index is 12.4. The molecule has 1 unspecified atom stereocenters. The van der Waals surface area contributed by atoms with Gasteiger partial charge >= 0.3 is 5.97 Å². The predicted octanol–water partition coefficient (Wildman–Crippen LogP) is -0.479. The van der Waals surface area contributed by atoms with Crippen LogP contribution < -0.4 is 0 Å². The van der Waals surface area contributed by atoms with E-state index in [-0.39, 0.29) is 29.6 Å². The number of carbonyl (C=O) groups excluding carboxylic acids is 1. The highest BCUT2D eigenvalue weighted by Crippen LogP contribution is 2.38. The van der Waals surface area contributed by atoms with Crippen molar-refractivity contribution in [2.45, 2.75) is 74.4 Å². The van der Waals surface area contributed by atoms with Crippen LogP contribution in [0.3, 0.4) is 0 Å². The van der Waals surface area contributed by atoms with Crippen LogP contribution in [0.4, 0.5) is 0 Å². The quantitative estimate of drug-likeness (QED) is 0.111. The van der Waals surface area contributed by atoms with Gasteiger partial charge in [0.25, 0.3) is 0 Å². The first-order chi connectivity index (χ1) is 20.9. The largest absolute Gasteiger partial charge is 0.504 e. The molecule has 2 aromatic carbocycles. The van der Waals surface area contributed by atoms with E-state index in [4.69, 9.17) is 28.4 Å². The number of phenolic OH excluding ortho intramolecular Hbond substituents is 4. The number of carbonyl (C=O) groups is 1. The molecule has 3 saturated heterocycles. The molecule has 0 bridgehead atoms. The molecule has 3 heterocycles. The first-order valence-corrected chi connectivity index (χ1v) is 13.8. The molecule has 240 valence electrons. The highest BCUT2D eigenvalue weighted by atomic mass is 16.8. The van der Waals surface area contributed by atoms with Crippen molar-refractivity contribution in [1.29, 1.82) is 0 Å². The first-order valence-electron chi connectivity index (χ1n) is 13.8.